The minimum atomic E-state index is -0.0970. The van der Waals surface area contributed by atoms with Crippen LogP contribution in [0.5, 0.6) is 0 Å². The maximum absolute atomic E-state index is 12.6. The number of aromatic nitrogens is 4. The normalized spacial score (nSPS) is 11.2. The van der Waals surface area contributed by atoms with Gasteiger partial charge in [0.1, 0.15) is 6.33 Å². The summed E-state index contributed by atoms with van der Waals surface area (Å²) in [5.41, 5.74) is 3.22. The average molecular weight is 283 g/mol. The Hall–Kier alpha value is -2.63. The van der Waals surface area contributed by atoms with E-state index in [2.05, 4.69) is 20.4 Å². The number of anilines is 1. The summed E-state index contributed by atoms with van der Waals surface area (Å²) in [5, 5.41) is 5.88. The molecule has 0 amide bonds. The summed E-state index contributed by atoms with van der Waals surface area (Å²) in [6.07, 6.45) is 1.47. The van der Waals surface area contributed by atoms with Gasteiger partial charge in [0.15, 0.2) is 0 Å². The zero-order valence-corrected chi connectivity index (χ0v) is 12.2. The number of rotatable bonds is 3. The van der Waals surface area contributed by atoms with Crippen molar-refractivity contribution in [3.8, 4) is 11.3 Å². The van der Waals surface area contributed by atoms with Crippen molar-refractivity contribution in [1.29, 1.82) is 0 Å². The second kappa shape index (κ2) is 5.05. The molecule has 6 heteroatoms. The molecule has 2 heterocycles. The first-order valence-corrected chi connectivity index (χ1v) is 6.86. The number of nitrogens with zero attached hydrogens (tertiary/aromatic N) is 3. The molecule has 0 saturated carbocycles. The maximum Gasteiger partial charge on any atom is 0.278 e. The summed E-state index contributed by atoms with van der Waals surface area (Å²) < 4.78 is 1.38. The van der Waals surface area contributed by atoms with Crippen LogP contribution in [0.15, 0.2) is 35.4 Å². The number of hydrogen-bond donors (Lipinski definition) is 2. The molecule has 3 rings (SSSR count). The molecule has 1 aromatic carbocycles. The monoisotopic (exact) mass is 283 g/mol. The molecule has 0 aliphatic carbocycles. The summed E-state index contributed by atoms with van der Waals surface area (Å²) in [7, 11) is 1.87. The molecule has 0 aliphatic rings. The van der Waals surface area contributed by atoms with Crippen molar-refractivity contribution in [2.75, 3.05) is 12.4 Å². The lowest BCUT2D eigenvalue weighted by Gasteiger charge is -2.11. The van der Waals surface area contributed by atoms with Crippen molar-refractivity contribution >= 4 is 11.5 Å². The Balaban J connectivity index is 2.28. The van der Waals surface area contributed by atoms with E-state index in [-0.39, 0.29) is 11.5 Å². The average Bonchev–Trinajstić information content (AvgIpc) is 2.95. The highest BCUT2D eigenvalue weighted by molar-refractivity contribution is 5.67. The molecule has 0 bridgehead atoms. The first-order valence-electron chi connectivity index (χ1n) is 6.86. The first kappa shape index (κ1) is 13.4. The minimum absolute atomic E-state index is 0.0733. The van der Waals surface area contributed by atoms with Crippen molar-refractivity contribution in [2.24, 2.45) is 0 Å². The number of aromatic amines is 1. The van der Waals surface area contributed by atoms with E-state index in [1.807, 2.05) is 45.2 Å². The molecule has 2 N–H and O–H groups in total. The number of hydrogen-bond acceptors (Lipinski definition) is 4. The SMILES string of the molecule is CNc1ccc(-c2nc3nc[nH]n3c(=O)c2C(C)C)cc1. The fraction of sp³-hybridized carbons (Fsp3) is 0.267. The van der Waals surface area contributed by atoms with Gasteiger partial charge in [-0.1, -0.05) is 26.0 Å². The Morgan fingerprint density at radius 1 is 1.24 bits per heavy atom. The van der Waals surface area contributed by atoms with Crippen LogP contribution in [-0.2, 0) is 0 Å². The highest BCUT2D eigenvalue weighted by Gasteiger charge is 2.18. The van der Waals surface area contributed by atoms with Crippen molar-refractivity contribution in [3.63, 3.8) is 0 Å². The molecule has 2 aromatic heterocycles. The topological polar surface area (TPSA) is 75.1 Å². The lowest BCUT2D eigenvalue weighted by atomic mass is 9.98. The van der Waals surface area contributed by atoms with E-state index in [0.717, 1.165) is 11.3 Å². The van der Waals surface area contributed by atoms with Crippen LogP contribution in [0.25, 0.3) is 17.0 Å². The van der Waals surface area contributed by atoms with Gasteiger partial charge in [0.05, 0.1) is 5.69 Å². The Morgan fingerprint density at radius 3 is 2.57 bits per heavy atom. The molecule has 0 spiro atoms. The van der Waals surface area contributed by atoms with Gasteiger partial charge in [0.2, 0.25) is 0 Å². The molecular weight excluding hydrogens is 266 g/mol. The van der Waals surface area contributed by atoms with Crippen LogP contribution in [0.4, 0.5) is 5.69 Å². The third-order valence-electron chi connectivity index (χ3n) is 3.49. The highest BCUT2D eigenvalue weighted by atomic mass is 16.1. The van der Waals surface area contributed by atoms with Gasteiger partial charge in [0.25, 0.3) is 11.3 Å². The number of fused-ring (bicyclic) bond motifs is 1. The Morgan fingerprint density at radius 2 is 1.95 bits per heavy atom. The zero-order valence-electron chi connectivity index (χ0n) is 12.2. The predicted octanol–water partition coefficient (Wildman–Crippen LogP) is 2.25. The molecule has 0 fully saturated rings. The van der Waals surface area contributed by atoms with Crippen LogP contribution in [0.2, 0.25) is 0 Å². The molecule has 0 atom stereocenters. The minimum Gasteiger partial charge on any atom is -0.388 e. The quantitative estimate of drug-likeness (QED) is 0.773. The molecule has 3 aromatic rings. The summed E-state index contributed by atoms with van der Waals surface area (Å²) in [4.78, 5) is 21.2. The summed E-state index contributed by atoms with van der Waals surface area (Å²) in [6, 6.07) is 7.85. The molecule has 0 saturated heterocycles. The Labute approximate surface area is 121 Å². The third kappa shape index (κ3) is 2.18. The van der Waals surface area contributed by atoms with E-state index < -0.39 is 0 Å². The number of H-pyrrole nitrogens is 1. The van der Waals surface area contributed by atoms with Crippen molar-refractivity contribution in [1.82, 2.24) is 19.6 Å². The van der Waals surface area contributed by atoms with E-state index in [1.54, 1.807) is 0 Å². The fourth-order valence-corrected chi connectivity index (χ4v) is 2.41. The van der Waals surface area contributed by atoms with Crippen LogP contribution in [-0.4, -0.2) is 26.6 Å². The lowest BCUT2D eigenvalue weighted by Crippen LogP contribution is -2.22. The second-order valence-corrected chi connectivity index (χ2v) is 5.18. The molecule has 6 nitrogen and oxygen atoms in total. The van der Waals surface area contributed by atoms with E-state index >= 15 is 0 Å². The maximum atomic E-state index is 12.6. The largest absolute Gasteiger partial charge is 0.388 e. The fourth-order valence-electron chi connectivity index (χ4n) is 2.41. The van der Waals surface area contributed by atoms with Gasteiger partial charge >= 0.3 is 0 Å². The van der Waals surface area contributed by atoms with E-state index in [9.17, 15) is 4.79 Å². The van der Waals surface area contributed by atoms with Gasteiger partial charge in [-0.3, -0.25) is 9.89 Å². The standard InChI is InChI=1S/C15H17N5O/c1-9(2)12-13(10-4-6-11(16-3)7-5-10)19-15-17-8-18-20(15)14(12)21/h4-9,16H,1-3H3,(H,17,18,19). The third-order valence-corrected chi connectivity index (χ3v) is 3.49. The van der Waals surface area contributed by atoms with E-state index in [0.29, 0.717) is 17.0 Å². The Kier molecular flexibility index (Phi) is 3.21. The molecule has 21 heavy (non-hydrogen) atoms. The second-order valence-electron chi connectivity index (χ2n) is 5.18. The zero-order chi connectivity index (χ0) is 15.0. The van der Waals surface area contributed by atoms with E-state index in [1.165, 1.54) is 10.8 Å². The first-order chi connectivity index (χ1) is 10.1. The van der Waals surface area contributed by atoms with Gasteiger partial charge in [-0.2, -0.15) is 4.52 Å². The van der Waals surface area contributed by atoms with Crippen LogP contribution in [0.3, 0.4) is 0 Å². The van der Waals surface area contributed by atoms with Gasteiger partial charge in [0, 0.05) is 23.9 Å². The van der Waals surface area contributed by atoms with Crippen molar-refractivity contribution in [2.45, 2.75) is 19.8 Å². The van der Waals surface area contributed by atoms with Gasteiger partial charge in [-0.15, -0.1) is 0 Å². The molecule has 0 unspecified atom stereocenters. The molecule has 108 valence electrons. The van der Waals surface area contributed by atoms with Crippen molar-refractivity contribution in [3.05, 3.63) is 46.5 Å². The summed E-state index contributed by atoms with van der Waals surface area (Å²) in [5.74, 6) is 0.460. The van der Waals surface area contributed by atoms with Gasteiger partial charge < -0.3 is 5.32 Å². The smallest absolute Gasteiger partial charge is 0.278 e. The van der Waals surface area contributed by atoms with Crippen molar-refractivity contribution < 1.29 is 0 Å². The molecular formula is C15H17N5O. The van der Waals surface area contributed by atoms with Crippen LogP contribution < -0.4 is 10.9 Å². The van der Waals surface area contributed by atoms with Crippen LogP contribution >= 0.6 is 0 Å². The summed E-state index contributed by atoms with van der Waals surface area (Å²) in [6.45, 7) is 3.99. The van der Waals surface area contributed by atoms with Gasteiger partial charge in [-0.05, 0) is 18.1 Å². The lowest BCUT2D eigenvalue weighted by molar-refractivity contribution is 0.797. The van der Waals surface area contributed by atoms with Gasteiger partial charge in [-0.25, -0.2) is 9.97 Å². The molecule has 0 radical (unpaired) electrons. The predicted molar refractivity (Wildman–Crippen MR) is 82.7 cm³/mol. The van der Waals surface area contributed by atoms with Crippen LogP contribution in [0, 0.1) is 0 Å². The number of nitrogens with one attached hydrogen (secondary N) is 2. The number of benzene rings is 1. The highest BCUT2D eigenvalue weighted by Crippen LogP contribution is 2.26. The Bertz CT molecular complexity index is 829. The molecule has 0 aliphatic heterocycles. The van der Waals surface area contributed by atoms with Crippen LogP contribution in [0.1, 0.15) is 25.3 Å². The van der Waals surface area contributed by atoms with E-state index in [4.69, 9.17) is 0 Å². The summed E-state index contributed by atoms with van der Waals surface area (Å²) >= 11 is 0.